The molecule has 3 N–H and O–H groups in total. The second kappa shape index (κ2) is 4.68. The molecule has 0 atom stereocenters. The number of nitrogens with one attached hydrogen (secondary N) is 1. The summed E-state index contributed by atoms with van der Waals surface area (Å²) in [4.78, 5) is 15.4. The zero-order chi connectivity index (χ0) is 13.4. The van der Waals surface area contributed by atoms with Crippen molar-refractivity contribution in [2.24, 2.45) is 0 Å². The number of fused-ring (bicyclic) bond motifs is 1. The third-order valence-electron chi connectivity index (χ3n) is 2.66. The molecule has 1 aromatic carbocycles. The Labute approximate surface area is 118 Å². The maximum absolute atomic E-state index is 5.96. The first kappa shape index (κ1) is 12.2. The smallest absolute Gasteiger partial charge is 0.183 e. The van der Waals surface area contributed by atoms with Crippen LogP contribution in [0.4, 0.5) is 5.82 Å². The Kier molecular flexibility index (Phi) is 3.00. The Morgan fingerprint density at radius 3 is 2.53 bits per heavy atom. The average Bonchev–Trinajstić information content (AvgIpc) is 2.71. The fourth-order valence-corrected chi connectivity index (χ4v) is 2.46. The Morgan fingerprint density at radius 1 is 1.11 bits per heavy atom. The third-order valence-corrected chi connectivity index (χ3v) is 3.10. The van der Waals surface area contributed by atoms with Gasteiger partial charge in [0, 0.05) is 16.5 Å². The van der Waals surface area contributed by atoms with Gasteiger partial charge in [-0.05, 0) is 23.8 Å². The molecule has 0 saturated carbocycles. The van der Waals surface area contributed by atoms with E-state index in [4.69, 9.17) is 28.9 Å². The van der Waals surface area contributed by atoms with Gasteiger partial charge < -0.3 is 10.7 Å². The van der Waals surface area contributed by atoms with Crippen molar-refractivity contribution < 1.29 is 0 Å². The standard InChI is InChI=1S/C12H9Cl2N5/c13-7-1-6(2-8(14)4-7)3-9-18-10-11(15)16-5-17-12(10)19-9/h1-2,4-5H,3H2,(H3,15,16,17,18,19). The molecule has 3 rings (SSSR count). The van der Waals surface area contributed by atoms with E-state index in [-0.39, 0.29) is 0 Å². The first-order valence-electron chi connectivity index (χ1n) is 5.52. The molecule has 2 aromatic heterocycles. The normalized spacial score (nSPS) is 11.1. The van der Waals surface area contributed by atoms with Gasteiger partial charge >= 0.3 is 0 Å². The summed E-state index contributed by atoms with van der Waals surface area (Å²) in [5, 5.41) is 1.19. The van der Waals surface area contributed by atoms with E-state index in [2.05, 4.69) is 19.9 Å². The Morgan fingerprint density at radius 2 is 1.84 bits per heavy atom. The highest BCUT2D eigenvalue weighted by Gasteiger charge is 2.08. The van der Waals surface area contributed by atoms with Gasteiger partial charge in [-0.1, -0.05) is 23.2 Å². The van der Waals surface area contributed by atoms with Crippen molar-refractivity contribution in [3.05, 3.63) is 46.0 Å². The maximum Gasteiger partial charge on any atom is 0.183 e. The largest absolute Gasteiger partial charge is 0.382 e. The Balaban J connectivity index is 1.99. The van der Waals surface area contributed by atoms with Gasteiger partial charge in [0.05, 0.1) is 0 Å². The number of aromatic nitrogens is 4. The molecule has 0 unspecified atom stereocenters. The van der Waals surface area contributed by atoms with Crippen LogP contribution in [0.3, 0.4) is 0 Å². The number of hydrogen-bond donors (Lipinski definition) is 2. The van der Waals surface area contributed by atoms with Gasteiger partial charge in [0.2, 0.25) is 0 Å². The number of anilines is 1. The molecule has 0 aliphatic heterocycles. The summed E-state index contributed by atoms with van der Waals surface area (Å²) in [6.07, 6.45) is 1.95. The van der Waals surface area contributed by atoms with Crippen LogP contribution >= 0.6 is 23.2 Å². The molecule has 0 aliphatic carbocycles. The Bertz CT molecular complexity index is 733. The average molecular weight is 294 g/mol. The van der Waals surface area contributed by atoms with E-state index >= 15 is 0 Å². The lowest BCUT2D eigenvalue weighted by molar-refractivity contribution is 1.03. The van der Waals surface area contributed by atoms with Crippen molar-refractivity contribution in [3.8, 4) is 0 Å². The van der Waals surface area contributed by atoms with Crippen molar-refractivity contribution in [3.63, 3.8) is 0 Å². The van der Waals surface area contributed by atoms with E-state index in [1.54, 1.807) is 6.07 Å². The minimum Gasteiger partial charge on any atom is -0.382 e. The summed E-state index contributed by atoms with van der Waals surface area (Å²) in [5.41, 5.74) is 7.90. The highest BCUT2D eigenvalue weighted by molar-refractivity contribution is 6.34. The molecule has 0 spiro atoms. The minimum atomic E-state index is 0.382. The Hall–Kier alpha value is -1.85. The van der Waals surface area contributed by atoms with Crippen molar-refractivity contribution in [2.45, 2.75) is 6.42 Å². The predicted molar refractivity (Wildman–Crippen MR) is 75.4 cm³/mol. The number of aromatic amines is 1. The van der Waals surface area contributed by atoms with Crippen LogP contribution in [0.2, 0.25) is 10.0 Å². The van der Waals surface area contributed by atoms with Crippen molar-refractivity contribution >= 4 is 40.2 Å². The van der Waals surface area contributed by atoms with Crippen LogP contribution in [0.1, 0.15) is 11.4 Å². The number of imidazole rings is 1. The highest BCUT2D eigenvalue weighted by atomic mass is 35.5. The van der Waals surface area contributed by atoms with Crippen LogP contribution in [0, 0.1) is 0 Å². The molecule has 0 amide bonds. The third kappa shape index (κ3) is 2.47. The van der Waals surface area contributed by atoms with Gasteiger partial charge in [-0.25, -0.2) is 15.0 Å². The molecular weight excluding hydrogens is 285 g/mol. The van der Waals surface area contributed by atoms with Crippen LogP contribution in [-0.2, 0) is 6.42 Å². The second-order valence-corrected chi connectivity index (χ2v) is 4.97. The second-order valence-electron chi connectivity index (χ2n) is 4.10. The van der Waals surface area contributed by atoms with Gasteiger partial charge in [0.1, 0.15) is 17.7 Å². The van der Waals surface area contributed by atoms with Gasteiger partial charge in [-0.3, -0.25) is 0 Å². The van der Waals surface area contributed by atoms with Crippen LogP contribution in [0.25, 0.3) is 11.2 Å². The lowest BCUT2D eigenvalue weighted by atomic mass is 10.1. The van der Waals surface area contributed by atoms with Crippen LogP contribution in [0.5, 0.6) is 0 Å². The molecule has 0 fully saturated rings. The monoisotopic (exact) mass is 293 g/mol. The number of nitrogens with two attached hydrogens (primary N) is 1. The molecule has 0 aliphatic rings. The topological polar surface area (TPSA) is 80.5 Å². The molecule has 3 aromatic rings. The molecule has 5 nitrogen and oxygen atoms in total. The summed E-state index contributed by atoms with van der Waals surface area (Å²) in [7, 11) is 0. The predicted octanol–water partition coefficient (Wildman–Crippen LogP) is 2.83. The molecule has 19 heavy (non-hydrogen) atoms. The first-order chi connectivity index (χ1) is 9.11. The van der Waals surface area contributed by atoms with Crippen LogP contribution in [-0.4, -0.2) is 19.9 Å². The minimum absolute atomic E-state index is 0.382. The summed E-state index contributed by atoms with van der Waals surface area (Å²) < 4.78 is 0. The zero-order valence-corrected chi connectivity index (χ0v) is 11.2. The molecule has 0 saturated heterocycles. The molecule has 0 radical (unpaired) electrons. The van der Waals surface area contributed by atoms with Gasteiger partial charge in [-0.2, -0.15) is 0 Å². The lowest BCUT2D eigenvalue weighted by Crippen LogP contribution is -1.92. The van der Waals surface area contributed by atoms with Crippen LogP contribution < -0.4 is 5.73 Å². The summed E-state index contributed by atoms with van der Waals surface area (Å²) >= 11 is 11.9. The first-order valence-corrected chi connectivity index (χ1v) is 6.27. The van der Waals surface area contributed by atoms with E-state index in [1.165, 1.54) is 6.33 Å². The van der Waals surface area contributed by atoms with E-state index in [0.717, 1.165) is 11.4 Å². The molecule has 7 heteroatoms. The van der Waals surface area contributed by atoms with E-state index in [1.807, 2.05) is 12.1 Å². The van der Waals surface area contributed by atoms with E-state index in [9.17, 15) is 0 Å². The summed E-state index contributed by atoms with van der Waals surface area (Å²) in [5.74, 6) is 1.12. The number of benzene rings is 1. The van der Waals surface area contributed by atoms with Crippen molar-refractivity contribution in [1.82, 2.24) is 19.9 Å². The molecule has 0 bridgehead atoms. The van der Waals surface area contributed by atoms with E-state index < -0.39 is 0 Å². The molecule has 96 valence electrons. The highest BCUT2D eigenvalue weighted by Crippen LogP contribution is 2.21. The number of nitrogens with zero attached hydrogens (tertiary/aromatic N) is 3. The number of halogens is 2. The van der Waals surface area contributed by atoms with Gasteiger partial charge in [0.25, 0.3) is 0 Å². The van der Waals surface area contributed by atoms with Crippen LogP contribution in [0.15, 0.2) is 24.5 Å². The maximum atomic E-state index is 5.96. The number of rotatable bonds is 2. The van der Waals surface area contributed by atoms with Crippen molar-refractivity contribution in [1.29, 1.82) is 0 Å². The van der Waals surface area contributed by atoms with Gasteiger partial charge in [-0.15, -0.1) is 0 Å². The fraction of sp³-hybridized carbons (Fsp3) is 0.0833. The summed E-state index contributed by atoms with van der Waals surface area (Å²) in [6, 6.07) is 5.38. The lowest BCUT2D eigenvalue weighted by Gasteiger charge is -2.00. The SMILES string of the molecule is Nc1ncnc2nc(Cc3cc(Cl)cc(Cl)c3)[nH]c12. The van der Waals surface area contributed by atoms with Crippen molar-refractivity contribution in [2.75, 3.05) is 5.73 Å². The van der Waals surface area contributed by atoms with E-state index in [0.29, 0.717) is 33.4 Å². The number of nitrogen functional groups attached to an aromatic ring is 1. The number of hydrogen-bond acceptors (Lipinski definition) is 4. The fourth-order valence-electron chi connectivity index (χ4n) is 1.88. The van der Waals surface area contributed by atoms with Gasteiger partial charge in [0.15, 0.2) is 11.5 Å². The molecular formula is C12H9Cl2N5. The molecule has 2 heterocycles. The number of H-pyrrole nitrogens is 1. The summed E-state index contributed by atoms with van der Waals surface area (Å²) in [6.45, 7) is 0. The quantitative estimate of drug-likeness (QED) is 0.761. The zero-order valence-electron chi connectivity index (χ0n) is 9.69.